The minimum absolute atomic E-state index is 0.00593. The van der Waals surface area contributed by atoms with E-state index in [1.807, 2.05) is 0 Å². The first-order valence-corrected chi connectivity index (χ1v) is 9.05. The van der Waals surface area contributed by atoms with E-state index in [1.54, 1.807) is 18.2 Å². The van der Waals surface area contributed by atoms with Crippen molar-refractivity contribution in [2.75, 3.05) is 5.73 Å². The summed E-state index contributed by atoms with van der Waals surface area (Å²) in [6.45, 7) is 4.45. The number of nitrogens with two attached hydrogens (primary N) is 1. The van der Waals surface area contributed by atoms with Crippen LogP contribution in [0.3, 0.4) is 0 Å². The van der Waals surface area contributed by atoms with Crippen molar-refractivity contribution in [3.63, 3.8) is 0 Å². The minimum atomic E-state index is -3.56. The topological polar surface area (TPSA) is 72.2 Å². The van der Waals surface area contributed by atoms with Gasteiger partial charge in [-0.2, -0.15) is 0 Å². The average Bonchev–Trinajstić information content (AvgIpc) is 2.35. The molecule has 1 aliphatic rings. The molecule has 4 nitrogen and oxygen atoms in total. The second-order valence-electron chi connectivity index (χ2n) is 6.24. The third-order valence-electron chi connectivity index (χ3n) is 3.93. The van der Waals surface area contributed by atoms with Crippen LogP contribution in [0.15, 0.2) is 27.6 Å². The van der Waals surface area contributed by atoms with Crippen molar-refractivity contribution in [1.29, 1.82) is 0 Å². The van der Waals surface area contributed by atoms with Gasteiger partial charge in [-0.1, -0.05) is 29.8 Å². The van der Waals surface area contributed by atoms with Crippen LogP contribution in [-0.4, -0.2) is 14.5 Å². The summed E-state index contributed by atoms with van der Waals surface area (Å²) in [7, 11) is -3.56. The molecule has 0 saturated heterocycles. The smallest absolute Gasteiger partial charge is 0.242 e. The third-order valence-corrected chi connectivity index (χ3v) is 6.00. The Hall–Kier alpha value is -0.590. The molecule has 1 saturated carbocycles. The van der Waals surface area contributed by atoms with Crippen molar-refractivity contribution in [3.05, 3.63) is 22.7 Å². The van der Waals surface area contributed by atoms with Crippen LogP contribution in [0.25, 0.3) is 0 Å². The first-order valence-electron chi connectivity index (χ1n) is 6.77. The highest BCUT2D eigenvalue weighted by Gasteiger charge is 2.30. The van der Waals surface area contributed by atoms with Crippen molar-refractivity contribution in [3.8, 4) is 0 Å². The number of halogens is 1. The Morgan fingerprint density at radius 3 is 2.50 bits per heavy atom. The first-order chi connectivity index (χ1) is 9.20. The molecule has 1 aliphatic carbocycles. The van der Waals surface area contributed by atoms with E-state index in [4.69, 9.17) is 5.73 Å². The molecule has 0 unspecified atom stereocenters. The van der Waals surface area contributed by atoms with E-state index in [1.165, 1.54) is 0 Å². The lowest BCUT2D eigenvalue weighted by atomic mass is 9.76. The van der Waals surface area contributed by atoms with E-state index in [2.05, 4.69) is 34.5 Å². The van der Waals surface area contributed by atoms with Crippen LogP contribution in [0.4, 0.5) is 5.69 Å². The Labute approximate surface area is 129 Å². The van der Waals surface area contributed by atoms with Crippen molar-refractivity contribution < 1.29 is 8.42 Å². The van der Waals surface area contributed by atoms with Gasteiger partial charge in [0.2, 0.25) is 10.0 Å². The second kappa shape index (κ2) is 5.66. The summed E-state index contributed by atoms with van der Waals surface area (Å²) in [6, 6.07) is 4.89. The predicted molar refractivity (Wildman–Crippen MR) is 84.9 cm³/mol. The van der Waals surface area contributed by atoms with Crippen LogP contribution in [-0.2, 0) is 10.0 Å². The fourth-order valence-corrected chi connectivity index (χ4v) is 4.52. The van der Waals surface area contributed by atoms with Gasteiger partial charge in [0.15, 0.2) is 0 Å². The molecule has 20 heavy (non-hydrogen) atoms. The zero-order chi connectivity index (χ0) is 15.0. The highest BCUT2D eigenvalue weighted by atomic mass is 79.9. The highest BCUT2D eigenvalue weighted by Crippen LogP contribution is 2.35. The molecule has 0 amide bonds. The Balaban J connectivity index is 2.14. The molecule has 0 radical (unpaired) electrons. The zero-order valence-electron chi connectivity index (χ0n) is 11.8. The number of nitrogen functional groups attached to an aromatic ring is 1. The maximum absolute atomic E-state index is 12.4. The molecule has 0 bridgehead atoms. The summed E-state index contributed by atoms with van der Waals surface area (Å²) in [4.78, 5) is 0.150. The molecule has 0 atom stereocenters. The molecular weight excluding hydrogens is 340 g/mol. The Morgan fingerprint density at radius 1 is 1.30 bits per heavy atom. The summed E-state index contributed by atoms with van der Waals surface area (Å²) in [6.07, 6.45) is 3.82. The summed E-state index contributed by atoms with van der Waals surface area (Å²) in [5, 5.41) is 0. The largest absolute Gasteiger partial charge is 0.398 e. The summed E-state index contributed by atoms with van der Waals surface area (Å²) in [5.74, 6) is 0. The minimum Gasteiger partial charge on any atom is -0.398 e. The molecule has 0 aromatic heterocycles. The molecule has 0 heterocycles. The Bertz CT molecular complexity index is 589. The van der Waals surface area contributed by atoms with Gasteiger partial charge < -0.3 is 5.73 Å². The van der Waals surface area contributed by atoms with Gasteiger partial charge in [-0.25, -0.2) is 13.1 Å². The lowest BCUT2D eigenvalue weighted by molar-refractivity contribution is 0.218. The van der Waals surface area contributed by atoms with Gasteiger partial charge in [0, 0.05) is 10.5 Å². The lowest BCUT2D eigenvalue weighted by Gasteiger charge is -2.34. The number of hydrogen-bond acceptors (Lipinski definition) is 3. The number of rotatable bonds is 3. The standard InChI is InChI=1S/C14H21BrN2O2S/c1-14(2)7-5-11(6-8-14)17-20(18,19)13-9-10(15)3-4-12(13)16/h3-4,9,11,17H,5-8,16H2,1-2H3. The fourth-order valence-electron chi connectivity index (χ4n) is 2.54. The number of hydrogen-bond donors (Lipinski definition) is 2. The summed E-state index contributed by atoms with van der Waals surface area (Å²) >= 11 is 3.28. The van der Waals surface area contributed by atoms with Crippen LogP contribution in [0.5, 0.6) is 0 Å². The average molecular weight is 361 g/mol. The maximum Gasteiger partial charge on any atom is 0.242 e. The normalized spacial score (nSPS) is 19.9. The first kappa shape index (κ1) is 15.8. The van der Waals surface area contributed by atoms with E-state index in [0.717, 1.165) is 25.7 Å². The quantitative estimate of drug-likeness (QED) is 0.812. The van der Waals surface area contributed by atoms with Crippen LogP contribution in [0, 0.1) is 5.41 Å². The van der Waals surface area contributed by atoms with Crippen LogP contribution in [0.1, 0.15) is 39.5 Å². The van der Waals surface area contributed by atoms with E-state index >= 15 is 0 Å². The molecule has 3 N–H and O–H groups in total. The molecule has 0 spiro atoms. The lowest BCUT2D eigenvalue weighted by Crippen LogP contribution is -2.39. The molecule has 1 fully saturated rings. The predicted octanol–water partition coefficient (Wildman–Crippen LogP) is 3.28. The number of nitrogens with one attached hydrogen (secondary N) is 1. The molecule has 1 aromatic carbocycles. The Morgan fingerprint density at radius 2 is 1.90 bits per heavy atom. The fraction of sp³-hybridized carbons (Fsp3) is 0.571. The van der Waals surface area contributed by atoms with Gasteiger partial charge in [0.05, 0.1) is 5.69 Å². The monoisotopic (exact) mass is 360 g/mol. The molecule has 2 rings (SSSR count). The van der Waals surface area contributed by atoms with Gasteiger partial charge in [-0.3, -0.25) is 0 Å². The SMILES string of the molecule is CC1(C)CCC(NS(=O)(=O)c2cc(Br)ccc2N)CC1. The van der Waals surface area contributed by atoms with Gasteiger partial charge >= 0.3 is 0 Å². The van der Waals surface area contributed by atoms with Crippen LogP contribution in [0.2, 0.25) is 0 Å². The van der Waals surface area contributed by atoms with Gasteiger partial charge in [0.25, 0.3) is 0 Å². The van der Waals surface area contributed by atoms with Crippen molar-refractivity contribution >= 4 is 31.6 Å². The Kier molecular flexibility index (Phi) is 4.47. The maximum atomic E-state index is 12.4. The number of anilines is 1. The van der Waals surface area contributed by atoms with Crippen molar-refractivity contribution in [2.24, 2.45) is 5.41 Å². The van der Waals surface area contributed by atoms with Crippen molar-refractivity contribution in [2.45, 2.75) is 50.5 Å². The van der Waals surface area contributed by atoms with E-state index in [0.29, 0.717) is 9.89 Å². The highest BCUT2D eigenvalue weighted by molar-refractivity contribution is 9.10. The number of benzene rings is 1. The van der Waals surface area contributed by atoms with E-state index in [-0.39, 0.29) is 16.6 Å². The molecule has 6 heteroatoms. The molecule has 112 valence electrons. The summed E-state index contributed by atoms with van der Waals surface area (Å²) < 4.78 is 28.3. The van der Waals surface area contributed by atoms with Crippen LogP contribution < -0.4 is 10.5 Å². The van der Waals surface area contributed by atoms with Gasteiger partial charge in [0.1, 0.15) is 4.90 Å². The summed E-state index contributed by atoms with van der Waals surface area (Å²) in [5.41, 5.74) is 6.37. The van der Waals surface area contributed by atoms with Gasteiger partial charge in [-0.05, 0) is 49.3 Å². The number of sulfonamides is 1. The second-order valence-corrected chi connectivity index (χ2v) is 8.84. The van der Waals surface area contributed by atoms with Gasteiger partial charge in [-0.15, -0.1) is 0 Å². The van der Waals surface area contributed by atoms with Crippen LogP contribution >= 0.6 is 15.9 Å². The zero-order valence-corrected chi connectivity index (χ0v) is 14.2. The molecular formula is C14H21BrN2O2S. The third kappa shape index (κ3) is 3.74. The molecule has 1 aromatic rings. The van der Waals surface area contributed by atoms with Crippen molar-refractivity contribution in [1.82, 2.24) is 4.72 Å². The molecule has 0 aliphatic heterocycles. The van der Waals surface area contributed by atoms with E-state index in [9.17, 15) is 8.42 Å². The van der Waals surface area contributed by atoms with E-state index < -0.39 is 10.0 Å².